The number of rotatable bonds is 1. The topological polar surface area (TPSA) is 52.5 Å². The van der Waals surface area contributed by atoms with Gasteiger partial charge in [-0.1, -0.05) is 12.1 Å². The number of aromatic nitrogens is 2. The van der Waals surface area contributed by atoms with Crippen LogP contribution < -0.4 is 0 Å². The zero-order valence-electron chi connectivity index (χ0n) is 7.46. The van der Waals surface area contributed by atoms with Crippen LogP contribution in [0.2, 0.25) is 0 Å². The van der Waals surface area contributed by atoms with Crippen molar-refractivity contribution in [2.24, 2.45) is 0 Å². The molecule has 0 fully saturated rings. The molecule has 1 aromatic heterocycles. The van der Waals surface area contributed by atoms with Gasteiger partial charge >= 0.3 is 0 Å². The van der Waals surface area contributed by atoms with Gasteiger partial charge in [0.2, 0.25) is 0 Å². The fourth-order valence-electron chi connectivity index (χ4n) is 1.20. The van der Waals surface area contributed by atoms with Gasteiger partial charge in [0.15, 0.2) is 5.69 Å². The van der Waals surface area contributed by atoms with E-state index in [-0.39, 0.29) is 11.5 Å². The third-order valence-corrected chi connectivity index (χ3v) is 2.44. The van der Waals surface area contributed by atoms with E-state index in [9.17, 15) is 4.39 Å². The van der Waals surface area contributed by atoms with E-state index in [0.29, 0.717) is 16.0 Å². The molecule has 0 unspecified atom stereocenters. The third kappa shape index (κ3) is 1.90. The highest BCUT2D eigenvalue weighted by atomic mass is 79.9. The molecule has 0 aliphatic heterocycles. The molecule has 0 radical (unpaired) electrons. The summed E-state index contributed by atoms with van der Waals surface area (Å²) in [7, 11) is 0. The maximum Gasteiger partial charge on any atom is 0.173 e. The first-order valence-corrected chi connectivity index (χ1v) is 4.91. The minimum atomic E-state index is -0.335. The SMILES string of the molecule is N#Cc1nc(-c2cccc(F)c2)[nH]c1Br. The highest BCUT2D eigenvalue weighted by Crippen LogP contribution is 2.21. The molecule has 15 heavy (non-hydrogen) atoms. The Morgan fingerprint density at radius 2 is 2.27 bits per heavy atom. The van der Waals surface area contributed by atoms with Crippen LogP contribution in [0.25, 0.3) is 11.4 Å². The van der Waals surface area contributed by atoms with Gasteiger partial charge in [0.1, 0.15) is 22.3 Å². The van der Waals surface area contributed by atoms with Crippen molar-refractivity contribution in [2.45, 2.75) is 0 Å². The summed E-state index contributed by atoms with van der Waals surface area (Å²) in [4.78, 5) is 6.86. The number of nitriles is 1. The highest BCUT2D eigenvalue weighted by Gasteiger charge is 2.08. The van der Waals surface area contributed by atoms with E-state index in [1.165, 1.54) is 12.1 Å². The molecule has 0 amide bonds. The first-order chi connectivity index (χ1) is 7.20. The Hall–Kier alpha value is -1.67. The van der Waals surface area contributed by atoms with Gasteiger partial charge in [0.25, 0.3) is 0 Å². The van der Waals surface area contributed by atoms with Crippen LogP contribution in [-0.4, -0.2) is 9.97 Å². The lowest BCUT2D eigenvalue weighted by Gasteiger charge is -1.95. The summed E-state index contributed by atoms with van der Waals surface area (Å²) < 4.78 is 13.4. The summed E-state index contributed by atoms with van der Waals surface area (Å²) in [5, 5.41) is 8.70. The van der Waals surface area contributed by atoms with Crippen molar-refractivity contribution in [2.75, 3.05) is 0 Å². The average Bonchev–Trinajstić information content (AvgIpc) is 2.60. The van der Waals surface area contributed by atoms with Crippen LogP contribution in [0.1, 0.15) is 5.69 Å². The minimum Gasteiger partial charge on any atom is -0.332 e. The molecule has 0 spiro atoms. The Labute approximate surface area is 93.7 Å². The van der Waals surface area contributed by atoms with Crippen molar-refractivity contribution in [1.29, 1.82) is 5.26 Å². The Balaban J connectivity index is 2.51. The fraction of sp³-hybridized carbons (Fsp3) is 0. The predicted octanol–water partition coefficient (Wildman–Crippen LogP) is 2.85. The van der Waals surface area contributed by atoms with Gasteiger partial charge in [0.05, 0.1) is 0 Å². The molecule has 0 saturated heterocycles. The number of aromatic amines is 1. The van der Waals surface area contributed by atoms with E-state index in [1.54, 1.807) is 12.1 Å². The summed E-state index contributed by atoms with van der Waals surface area (Å²) >= 11 is 3.16. The molecular formula is C10H5BrFN3. The number of H-pyrrole nitrogens is 1. The van der Waals surface area contributed by atoms with Crippen molar-refractivity contribution >= 4 is 15.9 Å². The fourth-order valence-corrected chi connectivity index (χ4v) is 1.56. The zero-order chi connectivity index (χ0) is 10.8. The second-order valence-corrected chi connectivity index (χ2v) is 3.66. The quantitative estimate of drug-likeness (QED) is 0.862. The van der Waals surface area contributed by atoms with Crippen molar-refractivity contribution in [1.82, 2.24) is 9.97 Å². The summed E-state index contributed by atoms with van der Waals surface area (Å²) in [6.45, 7) is 0. The molecule has 1 N–H and O–H groups in total. The number of nitrogens with one attached hydrogen (secondary N) is 1. The Morgan fingerprint density at radius 1 is 1.47 bits per heavy atom. The second kappa shape index (κ2) is 3.83. The molecule has 3 nitrogen and oxygen atoms in total. The number of halogens is 2. The van der Waals surface area contributed by atoms with E-state index >= 15 is 0 Å². The molecule has 0 aliphatic rings. The molecule has 1 heterocycles. The van der Waals surface area contributed by atoms with Crippen LogP contribution in [0.15, 0.2) is 28.9 Å². The zero-order valence-corrected chi connectivity index (χ0v) is 9.05. The lowest BCUT2D eigenvalue weighted by Crippen LogP contribution is -1.82. The number of hydrogen-bond acceptors (Lipinski definition) is 2. The van der Waals surface area contributed by atoms with Crippen LogP contribution >= 0.6 is 15.9 Å². The van der Waals surface area contributed by atoms with Gasteiger partial charge in [-0.05, 0) is 28.1 Å². The van der Waals surface area contributed by atoms with Crippen molar-refractivity contribution in [3.63, 3.8) is 0 Å². The molecule has 74 valence electrons. The summed E-state index contributed by atoms with van der Waals surface area (Å²) in [6.07, 6.45) is 0. The summed E-state index contributed by atoms with van der Waals surface area (Å²) in [6, 6.07) is 7.93. The van der Waals surface area contributed by atoms with Gasteiger partial charge in [-0.25, -0.2) is 9.37 Å². The first-order valence-electron chi connectivity index (χ1n) is 4.12. The second-order valence-electron chi connectivity index (χ2n) is 2.87. The van der Waals surface area contributed by atoms with Crippen LogP contribution in [0.4, 0.5) is 4.39 Å². The number of imidazole rings is 1. The predicted molar refractivity (Wildman–Crippen MR) is 56.4 cm³/mol. The van der Waals surface area contributed by atoms with Gasteiger partial charge < -0.3 is 4.98 Å². The van der Waals surface area contributed by atoms with Crippen LogP contribution in [0.5, 0.6) is 0 Å². The Bertz CT molecular complexity index is 542. The maximum atomic E-state index is 12.9. The monoisotopic (exact) mass is 265 g/mol. The first kappa shape index (κ1) is 9.87. The highest BCUT2D eigenvalue weighted by molar-refractivity contribution is 9.10. The molecule has 5 heteroatoms. The summed E-state index contributed by atoms with van der Waals surface area (Å²) in [5.74, 6) is 0.136. The van der Waals surface area contributed by atoms with E-state index in [2.05, 4.69) is 25.9 Å². The average molecular weight is 266 g/mol. The standard InChI is InChI=1S/C10H5BrFN3/c11-9-8(5-13)14-10(15-9)6-2-1-3-7(12)4-6/h1-4H,(H,14,15). The molecular weight excluding hydrogens is 261 g/mol. The molecule has 0 saturated carbocycles. The van der Waals surface area contributed by atoms with Crippen LogP contribution in [0, 0.1) is 17.1 Å². The van der Waals surface area contributed by atoms with E-state index in [1.807, 2.05) is 6.07 Å². The van der Waals surface area contributed by atoms with Gasteiger partial charge in [-0.15, -0.1) is 0 Å². The van der Waals surface area contributed by atoms with Crippen LogP contribution in [0.3, 0.4) is 0 Å². The van der Waals surface area contributed by atoms with Crippen molar-refractivity contribution < 1.29 is 4.39 Å². The normalized spacial score (nSPS) is 9.93. The smallest absolute Gasteiger partial charge is 0.173 e. The molecule has 2 rings (SSSR count). The lowest BCUT2D eigenvalue weighted by atomic mass is 10.2. The number of hydrogen-bond donors (Lipinski definition) is 1. The van der Waals surface area contributed by atoms with E-state index in [0.717, 1.165) is 0 Å². The van der Waals surface area contributed by atoms with Gasteiger partial charge in [-0.2, -0.15) is 5.26 Å². The Kier molecular flexibility index (Phi) is 2.52. The molecule has 1 aromatic carbocycles. The molecule has 2 aromatic rings. The number of benzene rings is 1. The van der Waals surface area contributed by atoms with E-state index in [4.69, 9.17) is 5.26 Å². The van der Waals surface area contributed by atoms with Crippen molar-refractivity contribution in [3.8, 4) is 17.5 Å². The molecule has 0 bridgehead atoms. The van der Waals surface area contributed by atoms with Gasteiger partial charge in [0, 0.05) is 5.56 Å². The largest absolute Gasteiger partial charge is 0.332 e. The van der Waals surface area contributed by atoms with E-state index < -0.39 is 0 Å². The maximum absolute atomic E-state index is 12.9. The van der Waals surface area contributed by atoms with Gasteiger partial charge in [-0.3, -0.25) is 0 Å². The minimum absolute atomic E-state index is 0.259. The van der Waals surface area contributed by atoms with Crippen LogP contribution in [-0.2, 0) is 0 Å². The Morgan fingerprint density at radius 3 is 2.87 bits per heavy atom. The number of nitrogens with zero attached hydrogens (tertiary/aromatic N) is 2. The lowest BCUT2D eigenvalue weighted by molar-refractivity contribution is 0.628. The third-order valence-electron chi connectivity index (χ3n) is 1.86. The molecule has 0 aliphatic carbocycles. The summed E-state index contributed by atoms with van der Waals surface area (Å²) in [5.41, 5.74) is 0.867. The van der Waals surface area contributed by atoms with Crippen molar-refractivity contribution in [3.05, 3.63) is 40.4 Å². The molecule has 0 atom stereocenters.